The molecule has 0 fully saturated rings. The molecule has 0 aromatic heterocycles. The SMILES string of the molecule is CCOc1ccc(CCC(=O)NCCNC(=O)c2ccc(C)cc2)cc1OC. The maximum atomic E-state index is 12.0. The van der Waals surface area contributed by atoms with Crippen LogP contribution in [0.4, 0.5) is 0 Å². The van der Waals surface area contributed by atoms with Gasteiger partial charge < -0.3 is 20.1 Å². The highest BCUT2D eigenvalue weighted by molar-refractivity contribution is 5.94. The molecule has 2 aromatic carbocycles. The van der Waals surface area contributed by atoms with Crippen LogP contribution < -0.4 is 20.1 Å². The highest BCUT2D eigenvalue weighted by atomic mass is 16.5. The molecule has 2 rings (SSSR count). The van der Waals surface area contributed by atoms with Crippen LogP contribution in [0.25, 0.3) is 0 Å². The summed E-state index contributed by atoms with van der Waals surface area (Å²) in [6, 6.07) is 13.0. The van der Waals surface area contributed by atoms with Gasteiger partial charge >= 0.3 is 0 Å². The average Bonchev–Trinajstić information content (AvgIpc) is 2.71. The van der Waals surface area contributed by atoms with E-state index in [-0.39, 0.29) is 11.8 Å². The van der Waals surface area contributed by atoms with Crippen LogP contribution in [-0.2, 0) is 11.2 Å². The number of benzene rings is 2. The van der Waals surface area contributed by atoms with Gasteiger partial charge in [0, 0.05) is 25.1 Å². The molecule has 0 bridgehead atoms. The smallest absolute Gasteiger partial charge is 0.251 e. The van der Waals surface area contributed by atoms with Crippen molar-refractivity contribution in [2.75, 3.05) is 26.8 Å². The summed E-state index contributed by atoms with van der Waals surface area (Å²) in [4.78, 5) is 24.0. The van der Waals surface area contributed by atoms with Gasteiger partial charge in [-0.05, 0) is 50.1 Å². The van der Waals surface area contributed by atoms with E-state index in [1.807, 2.05) is 44.2 Å². The van der Waals surface area contributed by atoms with Crippen molar-refractivity contribution in [3.05, 3.63) is 59.2 Å². The Kier molecular flexibility index (Phi) is 8.34. The van der Waals surface area contributed by atoms with E-state index < -0.39 is 0 Å². The van der Waals surface area contributed by atoms with E-state index in [1.54, 1.807) is 19.2 Å². The molecular weight excluding hydrogens is 356 g/mol. The third kappa shape index (κ3) is 6.61. The lowest BCUT2D eigenvalue weighted by molar-refractivity contribution is -0.121. The summed E-state index contributed by atoms with van der Waals surface area (Å²) in [6.07, 6.45) is 0.966. The number of amides is 2. The maximum Gasteiger partial charge on any atom is 0.251 e. The van der Waals surface area contributed by atoms with Crippen molar-refractivity contribution in [2.45, 2.75) is 26.7 Å². The molecule has 0 heterocycles. The van der Waals surface area contributed by atoms with Gasteiger partial charge in [-0.15, -0.1) is 0 Å². The fraction of sp³-hybridized carbons (Fsp3) is 0.364. The quantitative estimate of drug-likeness (QED) is 0.618. The highest BCUT2D eigenvalue weighted by Crippen LogP contribution is 2.28. The van der Waals surface area contributed by atoms with E-state index in [1.165, 1.54) is 0 Å². The first kappa shape index (κ1) is 21.3. The topological polar surface area (TPSA) is 76.7 Å². The summed E-state index contributed by atoms with van der Waals surface area (Å²) in [7, 11) is 1.60. The molecule has 0 atom stereocenters. The van der Waals surface area contributed by atoms with E-state index in [0.29, 0.717) is 49.6 Å². The van der Waals surface area contributed by atoms with Gasteiger partial charge in [0.15, 0.2) is 11.5 Å². The Balaban J connectivity index is 1.70. The van der Waals surface area contributed by atoms with Gasteiger partial charge in [-0.2, -0.15) is 0 Å². The second kappa shape index (κ2) is 11.0. The van der Waals surface area contributed by atoms with Crippen LogP contribution in [0, 0.1) is 6.92 Å². The molecule has 0 aliphatic carbocycles. The van der Waals surface area contributed by atoms with Gasteiger partial charge in [-0.3, -0.25) is 9.59 Å². The zero-order valence-electron chi connectivity index (χ0n) is 16.7. The molecule has 0 saturated heterocycles. The predicted molar refractivity (Wildman–Crippen MR) is 109 cm³/mol. The molecule has 0 aliphatic heterocycles. The van der Waals surface area contributed by atoms with Gasteiger partial charge in [-0.25, -0.2) is 0 Å². The van der Waals surface area contributed by atoms with Gasteiger partial charge in [0.1, 0.15) is 0 Å². The normalized spacial score (nSPS) is 10.2. The Morgan fingerprint density at radius 2 is 1.68 bits per heavy atom. The predicted octanol–water partition coefficient (Wildman–Crippen LogP) is 2.88. The number of aryl methyl sites for hydroxylation is 2. The number of hydrogen-bond acceptors (Lipinski definition) is 4. The summed E-state index contributed by atoms with van der Waals surface area (Å²) in [6.45, 7) is 5.23. The molecule has 150 valence electrons. The molecule has 28 heavy (non-hydrogen) atoms. The molecule has 0 radical (unpaired) electrons. The largest absolute Gasteiger partial charge is 0.493 e. The zero-order chi connectivity index (χ0) is 20.4. The first-order valence-corrected chi connectivity index (χ1v) is 9.44. The minimum absolute atomic E-state index is 0.0579. The first-order valence-electron chi connectivity index (χ1n) is 9.44. The van der Waals surface area contributed by atoms with Crippen LogP contribution in [-0.4, -0.2) is 38.6 Å². The van der Waals surface area contributed by atoms with Gasteiger partial charge in [-0.1, -0.05) is 23.8 Å². The summed E-state index contributed by atoms with van der Waals surface area (Å²) >= 11 is 0. The molecular formula is C22H28N2O4. The average molecular weight is 384 g/mol. The van der Waals surface area contributed by atoms with Crippen molar-refractivity contribution in [1.29, 1.82) is 0 Å². The third-order valence-corrected chi connectivity index (χ3v) is 4.22. The summed E-state index contributed by atoms with van der Waals surface area (Å²) in [5.74, 6) is 1.16. The number of hydrogen-bond donors (Lipinski definition) is 2. The standard InChI is InChI=1S/C22H28N2O4/c1-4-28-19-11-7-17(15-20(19)27-3)8-12-21(25)23-13-14-24-22(26)18-9-5-16(2)6-10-18/h5-7,9-11,15H,4,8,12-14H2,1-3H3,(H,23,25)(H,24,26). The molecule has 6 heteroatoms. The van der Waals surface area contributed by atoms with Gasteiger partial charge in [0.25, 0.3) is 5.91 Å². The van der Waals surface area contributed by atoms with E-state index in [0.717, 1.165) is 11.1 Å². The molecule has 0 saturated carbocycles. The molecule has 2 amide bonds. The fourth-order valence-corrected chi connectivity index (χ4v) is 2.67. The minimum Gasteiger partial charge on any atom is -0.493 e. The third-order valence-electron chi connectivity index (χ3n) is 4.22. The van der Waals surface area contributed by atoms with Gasteiger partial charge in [0.05, 0.1) is 13.7 Å². The second-order valence-electron chi connectivity index (χ2n) is 6.39. The molecule has 0 unspecified atom stereocenters. The summed E-state index contributed by atoms with van der Waals surface area (Å²) in [5, 5.41) is 5.62. The van der Waals surface area contributed by atoms with Crippen LogP contribution >= 0.6 is 0 Å². The molecule has 0 aliphatic rings. The molecule has 0 spiro atoms. The number of carbonyl (C=O) groups is 2. The number of carbonyl (C=O) groups excluding carboxylic acids is 2. The van der Waals surface area contributed by atoms with Crippen LogP contribution in [0.2, 0.25) is 0 Å². The van der Waals surface area contributed by atoms with Crippen LogP contribution in [0.5, 0.6) is 11.5 Å². The lowest BCUT2D eigenvalue weighted by Gasteiger charge is -2.11. The van der Waals surface area contributed by atoms with Gasteiger partial charge in [0.2, 0.25) is 5.91 Å². The summed E-state index contributed by atoms with van der Waals surface area (Å²) < 4.78 is 10.8. The maximum absolute atomic E-state index is 12.0. The molecule has 2 N–H and O–H groups in total. The fourth-order valence-electron chi connectivity index (χ4n) is 2.67. The van der Waals surface area contributed by atoms with E-state index in [2.05, 4.69) is 10.6 Å². The Labute approximate surface area is 166 Å². The lowest BCUT2D eigenvalue weighted by Crippen LogP contribution is -2.34. The Morgan fingerprint density at radius 3 is 2.36 bits per heavy atom. The Hall–Kier alpha value is -3.02. The minimum atomic E-state index is -0.143. The molecule has 2 aromatic rings. The van der Waals surface area contributed by atoms with Crippen LogP contribution in [0.1, 0.15) is 34.8 Å². The Bertz CT molecular complexity index is 788. The van der Waals surface area contributed by atoms with E-state index in [4.69, 9.17) is 9.47 Å². The van der Waals surface area contributed by atoms with Crippen molar-refractivity contribution >= 4 is 11.8 Å². The summed E-state index contributed by atoms with van der Waals surface area (Å²) in [5.41, 5.74) is 2.72. The van der Waals surface area contributed by atoms with Crippen LogP contribution in [0.3, 0.4) is 0 Å². The number of methoxy groups -OCH3 is 1. The zero-order valence-corrected chi connectivity index (χ0v) is 16.7. The first-order chi connectivity index (χ1) is 13.5. The number of nitrogens with one attached hydrogen (secondary N) is 2. The van der Waals surface area contributed by atoms with Crippen molar-refractivity contribution < 1.29 is 19.1 Å². The Morgan fingerprint density at radius 1 is 0.964 bits per heavy atom. The van der Waals surface area contributed by atoms with Crippen LogP contribution in [0.15, 0.2) is 42.5 Å². The number of rotatable bonds is 10. The second-order valence-corrected chi connectivity index (χ2v) is 6.39. The number of ether oxygens (including phenoxy) is 2. The van der Waals surface area contributed by atoms with Crippen molar-refractivity contribution in [3.8, 4) is 11.5 Å². The monoisotopic (exact) mass is 384 g/mol. The highest BCUT2D eigenvalue weighted by Gasteiger charge is 2.08. The van der Waals surface area contributed by atoms with E-state index in [9.17, 15) is 9.59 Å². The van der Waals surface area contributed by atoms with Crippen molar-refractivity contribution in [1.82, 2.24) is 10.6 Å². The van der Waals surface area contributed by atoms with E-state index >= 15 is 0 Å². The lowest BCUT2D eigenvalue weighted by atomic mass is 10.1. The van der Waals surface area contributed by atoms with Crippen molar-refractivity contribution in [2.24, 2.45) is 0 Å². The molecule has 6 nitrogen and oxygen atoms in total. The van der Waals surface area contributed by atoms with Crippen molar-refractivity contribution in [3.63, 3.8) is 0 Å².